The lowest BCUT2D eigenvalue weighted by Gasteiger charge is -2.28. The third kappa shape index (κ3) is 1.25. The highest BCUT2D eigenvalue weighted by Crippen LogP contribution is 2.27. The van der Waals surface area contributed by atoms with E-state index in [4.69, 9.17) is 5.84 Å². The lowest BCUT2D eigenvalue weighted by atomic mass is 10.1. The van der Waals surface area contributed by atoms with Crippen LogP contribution in [0.1, 0.15) is 13.8 Å². The minimum atomic E-state index is 0.183. The summed E-state index contributed by atoms with van der Waals surface area (Å²) < 4.78 is 0. The average Bonchev–Trinajstić information content (AvgIpc) is 2.45. The van der Waals surface area contributed by atoms with Crippen LogP contribution >= 0.6 is 0 Å². The number of fused-ring (bicyclic) bond motifs is 1. The second kappa shape index (κ2) is 2.92. The molecule has 0 saturated heterocycles. The predicted octanol–water partition coefficient (Wildman–Crippen LogP) is 1.38. The maximum atomic E-state index is 5.97. The third-order valence-corrected chi connectivity index (χ3v) is 2.41. The molecule has 2 aliphatic heterocycles. The van der Waals surface area contributed by atoms with E-state index >= 15 is 0 Å². The van der Waals surface area contributed by atoms with Crippen molar-refractivity contribution >= 4 is 0 Å². The van der Waals surface area contributed by atoms with E-state index in [2.05, 4.69) is 31.0 Å². The summed E-state index contributed by atoms with van der Waals surface area (Å²) in [5.41, 5.74) is 1.18. The maximum absolute atomic E-state index is 5.97. The molecule has 13 heavy (non-hydrogen) atoms. The molecular weight excluding hydrogens is 162 g/mol. The van der Waals surface area contributed by atoms with Gasteiger partial charge in [0, 0.05) is 12.4 Å². The highest BCUT2D eigenvalue weighted by molar-refractivity contribution is 5.23. The zero-order chi connectivity index (χ0) is 9.42. The minimum Gasteiger partial charge on any atom is -0.327 e. The van der Waals surface area contributed by atoms with Gasteiger partial charge in [-0.2, -0.15) is 0 Å². The van der Waals surface area contributed by atoms with E-state index < -0.39 is 0 Å². The number of hydrogen-bond acceptors (Lipinski definition) is 3. The van der Waals surface area contributed by atoms with Crippen LogP contribution in [0.25, 0.3) is 0 Å². The Morgan fingerprint density at radius 3 is 2.77 bits per heavy atom. The Hall–Kier alpha value is -1.22. The summed E-state index contributed by atoms with van der Waals surface area (Å²) in [4.78, 5) is 2.12. The Labute approximate surface area is 78.8 Å². The first kappa shape index (κ1) is 8.38. The maximum Gasteiger partial charge on any atom is 0.139 e. The molecular formula is C10H15N3. The van der Waals surface area contributed by atoms with Crippen molar-refractivity contribution in [3.8, 4) is 0 Å². The van der Waals surface area contributed by atoms with Gasteiger partial charge < -0.3 is 4.90 Å². The van der Waals surface area contributed by atoms with Crippen molar-refractivity contribution in [2.45, 2.75) is 20.0 Å². The van der Waals surface area contributed by atoms with Gasteiger partial charge in [-0.3, -0.25) is 5.01 Å². The van der Waals surface area contributed by atoms with Crippen LogP contribution in [0.3, 0.4) is 0 Å². The van der Waals surface area contributed by atoms with Gasteiger partial charge in [0.2, 0.25) is 0 Å². The molecule has 0 amide bonds. The Balaban J connectivity index is 2.26. The van der Waals surface area contributed by atoms with E-state index in [0.717, 1.165) is 0 Å². The second-order valence-corrected chi connectivity index (χ2v) is 3.70. The van der Waals surface area contributed by atoms with Gasteiger partial charge in [-0.25, -0.2) is 5.84 Å². The Morgan fingerprint density at radius 1 is 1.38 bits per heavy atom. The largest absolute Gasteiger partial charge is 0.327 e. The first-order valence-corrected chi connectivity index (χ1v) is 4.58. The van der Waals surface area contributed by atoms with Crippen LogP contribution < -0.4 is 5.84 Å². The van der Waals surface area contributed by atoms with Gasteiger partial charge in [-0.05, 0) is 18.1 Å². The number of rotatable bonds is 1. The van der Waals surface area contributed by atoms with Crippen molar-refractivity contribution in [1.82, 2.24) is 9.91 Å². The molecule has 2 heterocycles. The van der Waals surface area contributed by atoms with Gasteiger partial charge >= 0.3 is 0 Å². The highest BCUT2D eigenvalue weighted by atomic mass is 15.5. The first-order chi connectivity index (χ1) is 6.20. The summed E-state index contributed by atoms with van der Waals surface area (Å²) in [5, 5.41) is 1.82. The zero-order valence-corrected chi connectivity index (χ0v) is 8.01. The molecule has 70 valence electrons. The summed E-state index contributed by atoms with van der Waals surface area (Å²) in [6.45, 7) is 4.30. The van der Waals surface area contributed by atoms with Gasteiger partial charge in [-0.15, -0.1) is 0 Å². The summed E-state index contributed by atoms with van der Waals surface area (Å²) in [7, 11) is 0. The molecule has 0 spiro atoms. The van der Waals surface area contributed by atoms with Crippen molar-refractivity contribution < 1.29 is 0 Å². The van der Waals surface area contributed by atoms with Gasteiger partial charge in [0.15, 0.2) is 0 Å². The normalized spacial score (nSPS) is 25.5. The van der Waals surface area contributed by atoms with Crippen LogP contribution in [0.5, 0.6) is 0 Å². The Kier molecular flexibility index (Phi) is 1.88. The van der Waals surface area contributed by atoms with Gasteiger partial charge in [0.1, 0.15) is 6.17 Å². The summed E-state index contributed by atoms with van der Waals surface area (Å²) >= 11 is 0. The van der Waals surface area contributed by atoms with Crippen LogP contribution in [0, 0.1) is 5.92 Å². The number of nitrogens with two attached hydrogens (primary N) is 1. The molecule has 3 heteroatoms. The summed E-state index contributed by atoms with van der Waals surface area (Å²) in [6, 6.07) is 0. The quantitative estimate of drug-likeness (QED) is 0.614. The van der Waals surface area contributed by atoms with Crippen LogP contribution in [0.2, 0.25) is 0 Å². The van der Waals surface area contributed by atoms with Crippen molar-refractivity contribution in [2.24, 2.45) is 11.8 Å². The topological polar surface area (TPSA) is 32.5 Å². The number of nitrogens with zero attached hydrogens (tertiary/aromatic N) is 2. The van der Waals surface area contributed by atoms with E-state index in [1.54, 1.807) is 0 Å². The summed E-state index contributed by atoms with van der Waals surface area (Å²) in [6.07, 6.45) is 10.5. The summed E-state index contributed by atoms with van der Waals surface area (Å²) in [5.74, 6) is 6.44. The molecule has 1 atom stereocenters. The molecule has 0 saturated carbocycles. The smallest absolute Gasteiger partial charge is 0.139 e. The Morgan fingerprint density at radius 2 is 2.15 bits per heavy atom. The molecule has 0 fully saturated rings. The van der Waals surface area contributed by atoms with Crippen LogP contribution in [-0.2, 0) is 0 Å². The van der Waals surface area contributed by atoms with Crippen LogP contribution in [-0.4, -0.2) is 16.1 Å². The molecule has 1 unspecified atom stereocenters. The highest BCUT2D eigenvalue weighted by Gasteiger charge is 2.28. The average molecular weight is 177 g/mol. The SMILES string of the molecule is CC(C)C1=CN2C=CC=CC2N1N. The van der Waals surface area contributed by atoms with Crippen LogP contribution in [0.15, 0.2) is 36.3 Å². The Bertz CT molecular complexity index is 289. The molecule has 2 N–H and O–H groups in total. The molecule has 0 aliphatic carbocycles. The van der Waals surface area contributed by atoms with E-state index in [0.29, 0.717) is 5.92 Å². The van der Waals surface area contributed by atoms with Gasteiger partial charge in [-0.1, -0.05) is 19.9 Å². The fourth-order valence-corrected chi connectivity index (χ4v) is 1.68. The fraction of sp³-hybridized carbons (Fsp3) is 0.400. The molecule has 0 aromatic carbocycles. The van der Waals surface area contributed by atoms with Crippen molar-refractivity contribution in [1.29, 1.82) is 0 Å². The number of allylic oxidation sites excluding steroid dienone is 3. The first-order valence-electron chi connectivity index (χ1n) is 4.58. The predicted molar refractivity (Wildman–Crippen MR) is 52.9 cm³/mol. The lowest BCUT2D eigenvalue weighted by Crippen LogP contribution is -2.42. The van der Waals surface area contributed by atoms with Gasteiger partial charge in [0.05, 0.1) is 5.70 Å². The fourth-order valence-electron chi connectivity index (χ4n) is 1.68. The van der Waals surface area contributed by atoms with Gasteiger partial charge in [0.25, 0.3) is 0 Å². The number of hydrogen-bond donors (Lipinski definition) is 1. The van der Waals surface area contributed by atoms with E-state index in [1.165, 1.54) is 5.70 Å². The van der Waals surface area contributed by atoms with Crippen molar-refractivity contribution in [3.05, 3.63) is 36.3 Å². The molecule has 0 aromatic heterocycles. The zero-order valence-electron chi connectivity index (χ0n) is 8.01. The van der Waals surface area contributed by atoms with E-state index in [9.17, 15) is 0 Å². The molecule has 3 nitrogen and oxygen atoms in total. The molecule has 0 radical (unpaired) electrons. The number of hydrazine groups is 1. The lowest BCUT2D eigenvalue weighted by molar-refractivity contribution is 0.218. The second-order valence-electron chi connectivity index (χ2n) is 3.70. The van der Waals surface area contributed by atoms with Crippen molar-refractivity contribution in [3.63, 3.8) is 0 Å². The third-order valence-electron chi connectivity index (χ3n) is 2.41. The molecule has 2 aliphatic rings. The van der Waals surface area contributed by atoms with Crippen molar-refractivity contribution in [2.75, 3.05) is 0 Å². The van der Waals surface area contributed by atoms with Crippen LogP contribution in [0.4, 0.5) is 0 Å². The van der Waals surface area contributed by atoms with E-state index in [-0.39, 0.29) is 6.17 Å². The minimum absolute atomic E-state index is 0.183. The molecule has 0 bridgehead atoms. The standard InChI is InChI=1S/C10H15N3/c1-8(2)9-7-12-6-4-3-5-10(12)13(9)11/h3-8,10H,11H2,1-2H3. The molecule has 0 aromatic rings. The monoisotopic (exact) mass is 177 g/mol. The van der Waals surface area contributed by atoms with E-state index in [1.807, 2.05) is 23.4 Å². The molecule has 2 rings (SSSR count).